The zero-order chi connectivity index (χ0) is 14.0. The minimum absolute atomic E-state index is 0.158. The van der Waals surface area contributed by atoms with E-state index >= 15 is 0 Å². The van der Waals surface area contributed by atoms with Gasteiger partial charge in [-0.3, -0.25) is 9.59 Å². The van der Waals surface area contributed by atoms with Gasteiger partial charge in [0, 0.05) is 25.2 Å². The third-order valence-electron chi connectivity index (χ3n) is 4.02. The van der Waals surface area contributed by atoms with Gasteiger partial charge in [0.1, 0.15) is 5.76 Å². The lowest BCUT2D eigenvalue weighted by Crippen LogP contribution is -2.44. The molecule has 1 atom stereocenters. The van der Waals surface area contributed by atoms with E-state index in [9.17, 15) is 9.59 Å². The van der Waals surface area contributed by atoms with Crippen LogP contribution in [0, 0.1) is 12.3 Å². The van der Waals surface area contributed by atoms with Gasteiger partial charge in [0.25, 0.3) is 5.91 Å². The minimum atomic E-state index is -0.178. The summed E-state index contributed by atoms with van der Waals surface area (Å²) in [5.41, 5.74) is 0.000233. The number of likely N-dealkylation sites (tertiary alicyclic amines) is 1. The Labute approximate surface area is 113 Å². The number of amides is 1. The molecule has 0 unspecified atom stereocenters. The molecule has 4 nitrogen and oxygen atoms in total. The first-order chi connectivity index (χ1) is 8.93. The summed E-state index contributed by atoms with van der Waals surface area (Å²) in [5, 5.41) is 0. The summed E-state index contributed by atoms with van der Waals surface area (Å²) in [6.45, 7) is 7.52. The molecule has 2 heterocycles. The molecule has 1 aromatic rings. The Bertz CT molecular complexity index is 534. The largest absolute Gasteiger partial charge is 0.456 e. The lowest BCUT2D eigenvalue weighted by molar-refractivity contribution is 0.0509. The van der Waals surface area contributed by atoms with Crippen molar-refractivity contribution in [2.24, 2.45) is 5.41 Å². The fourth-order valence-electron chi connectivity index (χ4n) is 2.64. The van der Waals surface area contributed by atoms with Crippen LogP contribution in [-0.4, -0.2) is 23.9 Å². The van der Waals surface area contributed by atoms with E-state index in [1.807, 2.05) is 4.90 Å². The van der Waals surface area contributed by atoms with Gasteiger partial charge in [0.15, 0.2) is 11.2 Å². The second-order valence-electron chi connectivity index (χ2n) is 5.76. The van der Waals surface area contributed by atoms with Gasteiger partial charge in [-0.2, -0.15) is 0 Å². The second kappa shape index (κ2) is 5.19. The van der Waals surface area contributed by atoms with Crippen molar-refractivity contribution in [3.05, 3.63) is 33.9 Å². The van der Waals surface area contributed by atoms with Gasteiger partial charge in [0.05, 0.1) is 0 Å². The van der Waals surface area contributed by atoms with Crippen molar-refractivity contribution in [2.45, 2.75) is 40.0 Å². The fraction of sp³-hybridized carbons (Fsp3) is 0.600. The van der Waals surface area contributed by atoms with Crippen molar-refractivity contribution in [3.63, 3.8) is 0 Å². The summed E-state index contributed by atoms with van der Waals surface area (Å²) >= 11 is 0. The molecule has 0 spiro atoms. The predicted molar refractivity (Wildman–Crippen MR) is 73.3 cm³/mol. The van der Waals surface area contributed by atoms with Crippen molar-refractivity contribution < 1.29 is 9.21 Å². The normalized spacial score (nSPS) is 23.4. The second-order valence-corrected chi connectivity index (χ2v) is 5.76. The van der Waals surface area contributed by atoms with Crippen LogP contribution in [0.15, 0.2) is 21.3 Å². The van der Waals surface area contributed by atoms with Crippen LogP contribution in [0.2, 0.25) is 0 Å². The number of nitrogens with zero attached hydrogens (tertiary/aromatic N) is 1. The average Bonchev–Trinajstić information content (AvgIpc) is 2.37. The van der Waals surface area contributed by atoms with Crippen LogP contribution in [0.1, 0.15) is 49.4 Å². The maximum absolute atomic E-state index is 12.4. The summed E-state index contributed by atoms with van der Waals surface area (Å²) in [6.07, 6.45) is 3.20. The van der Waals surface area contributed by atoms with E-state index in [2.05, 4.69) is 13.8 Å². The van der Waals surface area contributed by atoms with E-state index < -0.39 is 0 Å². The van der Waals surface area contributed by atoms with Crippen molar-refractivity contribution in [2.75, 3.05) is 13.1 Å². The molecule has 4 heteroatoms. The van der Waals surface area contributed by atoms with Gasteiger partial charge < -0.3 is 9.32 Å². The number of hydrogen-bond donors (Lipinski definition) is 0. The van der Waals surface area contributed by atoms with Gasteiger partial charge in [-0.25, -0.2) is 0 Å². The highest BCUT2D eigenvalue weighted by Gasteiger charge is 2.32. The van der Waals surface area contributed by atoms with Crippen LogP contribution in [-0.2, 0) is 0 Å². The highest BCUT2D eigenvalue weighted by Crippen LogP contribution is 2.33. The Kier molecular flexibility index (Phi) is 3.78. The van der Waals surface area contributed by atoms with Gasteiger partial charge >= 0.3 is 0 Å². The molecule has 0 radical (unpaired) electrons. The first-order valence-electron chi connectivity index (χ1n) is 6.85. The Morgan fingerprint density at radius 2 is 2.21 bits per heavy atom. The van der Waals surface area contributed by atoms with E-state index in [0.29, 0.717) is 5.76 Å². The van der Waals surface area contributed by atoms with Gasteiger partial charge in [-0.15, -0.1) is 0 Å². The van der Waals surface area contributed by atoms with Gasteiger partial charge in [-0.05, 0) is 31.6 Å². The number of piperidine rings is 1. The molecular formula is C15H21NO3. The van der Waals surface area contributed by atoms with Crippen LogP contribution in [0.4, 0.5) is 0 Å². The quantitative estimate of drug-likeness (QED) is 0.824. The van der Waals surface area contributed by atoms with Crippen molar-refractivity contribution in [3.8, 4) is 0 Å². The molecule has 0 bridgehead atoms. The van der Waals surface area contributed by atoms with E-state index in [1.54, 1.807) is 6.92 Å². The van der Waals surface area contributed by atoms with Crippen molar-refractivity contribution in [1.29, 1.82) is 0 Å². The van der Waals surface area contributed by atoms with Crippen LogP contribution >= 0.6 is 0 Å². The summed E-state index contributed by atoms with van der Waals surface area (Å²) in [7, 11) is 0. The first kappa shape index (κ1) is 13.8. The molecular weight excluding hydrogens is 242 g/mol. The minimum Gasteiger partial charge on any atom is -0.456 e. The topological polar surface area (TPSA) is 50.5 Å². The molecule has 0 N–H and O–H groups in total. The number of rotatable bonds is 2. The third kappa shape index (κ3) is 3.06. The number of hydrogen-bond acceptors (Lipinski definition) is 3. The summed E-state index contributed by atoms with van der Waals surface area (Å²) < 4.78 is 5.38. The molecule has 1 aliphatic heterocycles. The van der Waals surface area contributed by atoms with Gasteiger partial charge in [0.2, 0.25) is 0 Å². The van der Waals surface area contributed by atoms with Gasteiger partial charge in [-0.1, -0.05) is 13.8 Å². The molecule has 0 aliphatic carbocycles. The lowest BCUT2D eigenvalue weighted by Gasteiger charge is -2.39. The number of carbonyl (C=O) groups is 1. The van der Waals surface area contributed by atoms with E-state index in [4.69, 9.17) is 4.42 Å². The van der Waals surface area contributed by atoms with E-state index in [-0.39, 0.29) is 22.5 Å². The molecule has 1 fully saturated rings. The van der Waals surface area contributed by atoms with Crippen LogP contribution in [0.3, 0.4) is 0 Å². The Balaban J connectivity index is 2.21. The van der Waals surface area contributed by atoms with E-state index in [0.717, 1.165) is 32.4 Å². The highest BCUT2D eigenvalue weighted by molar-refractivity contribution is 5.91. The fourth-order valence-corrected chi connectivity index (χ4v) is 2.64. The summed E-state index contributed by atoms with van der Waals surface area (Å²) in [6, 6.07) is 2.68. The molecule has 19 heavy (non-hydrogen) atoms. The van der Waals surface area contributed by atoms with Crippen LogP contribution in [0.25, 0.3) is 0 Å². The molecule has 1 amide bonds. The maximum Gasteiger partial charge on any atom is 0.289 e. The third-order valence-corrected chi connectivity index (χ3v) is 4.02. The van der Waals surface area contributed by atoms with Crippen LogP contribution < -0.4 is 5.43 Å². The maximum atomic E-state index is 12.4. The number of aryl methyl sites for hydroxylation is 1. The monoisotopic (exact) mass is 263 g/mol. The molecule has 1 aliphatic rings. The van der Waals surface area contributed by atoms with E-state index in [1.165, 1.54) is 12.1 Å². The molecule has 0 saturated carbocycles. The SMILES string of the molecule is CC[C@]1(C)CCCN(C(=O)c2cc(=O)cc(C)o2)C1. The lowest BCUT2D eigenvalue weighted by atomic mass is 9.79. The summed E-state index contributed by atoms with van der Waals surface area (Å²) in [4.78, 5) is 25.7. The predicted octanol–water partition coefficient (Wildman–Crippen LogP) is 2.60. The molecule has 104 valence electrons. The molecule has 2 rings (SSSR count). The molecule has 0 aromatic carbocycles. The highest BCUT2D eigenvalue weighted by atomic mass is 16.3. The zero-order valence-corrected chi connectivity index (χ0v) is 11.9. The molecule has 1 aromatic heterocycles. The van der Waals surface area contributed by atoms with Crippen molar-refractivity contribution in [1.82, 2.24) is 4.90 Å². The average molecular weight is 263 g/mol. The Morgan fingerprint density at radius 3 is 2.84 bits per heavy atom. The summed E-state index contributed by atoms with van der Waals surface area (Å²) in [5.74, 6) is 0.469. The molecule has 1 saturated heterocycles. The zero-order valence-electron chi connectivity index (χ0n) is 11.9. The Hall–Kier alpha value is -1.58. The number of carbonyl (C=O) groups excluding carboxylic acids is 1. The van der Waals surface area contributed by atoms with Crippen LogP contribution in [0.5, 0.6) is 0 Å². The Morgan fingerprint density at radius 1 is 1.47 bits per heavy atom. The smallest absolute Gasteiger partial charge is 0.289 e. The van der Waals surface area contributed by atoms with Crippen molar-refractivity contribution >= 4 is 5.91 Å². The standard InChI is InChI=1S/C15H21NO3/c1-4-15(3)6-5-7-16(10-15)14(18)13-9-12(17)8-11(2)19-13/h8-9H,4-7,10H2,1-3H3/t15-/m1/s1. The first-order valence-corrected chi connectivity index (χ1v) is 6.85.